The Morgan fingerprint density at radius 3 is 2.65 bits per heavy atom. The van der Waals surface area contributed by atoms with Crippen LogP contribution in [0.2, 0.25) is 5.02 Å². The van der Waals surface area contributed by atoms with Gasteiger partial charge in [-0.1, -0.05) is 41.9 Å². The van der Waals surface area contributed by atoms with Crippen molar-refractivity contribution < 1.29 is 9.18 Å². The number of hydrogen-bond donors (Lipinski definition) is 0. The zero-order valence-electron chi connectivity index (χ0n) is 10.3. The normalized spacial score (nSPS) is 10.7. The van der Waals surface area contributed by atoms with Gasteiger partial charge in [-0.15, -0.1) is 0 Å². The number of halogens is 2. The van der Waals surface area contributed by atoms with Gasteiger partial charge in [-0.25, -0.2) is 4.39 Å². The summed E-state index contributed by atoms with van der Waals surface area (Å²) in [5, 5.41) is 1.64. The van der Waals surface area contributed by atoms with E-state index >= 15 is 0 Å². The lowest BCUT2D eigenvalue weighted by molar-refractivity contribution is 0.103. The third-order valence-electron chi connectivity index (χ3n) is 3.08. The molecule has 3 aromatic rings. The molecule has 4 heteroatoms. The van der Waals surface area contributed by atoms with Gasteiger partial charge in [0, 0.05) is 11.6 Å². The van der Waals surface area contributed by atoms with E-state index < -0.39 is 11.6 Å². The second-order valence-electron chi connectivity index (χ2n) is 4.31. The molecule has 0 aliphatic rings. The van der Waals surface area contributed by atoms with Gasteiger partial charge in [0.05, 0.1) is 10.6 Å². The predicted octanol–water partition coefficient (Wildman–Crippen LogP) is 4.26. The van der Waals surface area contributed by atoms with E-state index in [1.807, 2.05) is 18.2 Å². The van der Waals surface area contributed by atoms with Crippen LogP contribution in [0.1, 0.15) is 16.1 Å². The Kier molecular flexibility index (Phi) is 3.20. The Morgan fingerprint density at radius 1 is 1.05 bits per heavy atom. The van der Waals surface area contributed by atoms with Crippen molar-refractivity contribution in [3.05, 3.63) is 76.8 Å². The molecule has 0 amide bonds. The molecule has 0 bridgehead atoms. The molecule has 0 saturated heterocycles. The number of rotatable bonds is 2. The summed E-state index contributed by atoms with van der Waals surface area (Å²) < 4.78 is 13.9. The van der Waals surface area contributed by atoms with E-state index in [9.17, 15) is 9.18 Å². The van der Waals surface area contributed by atoms with Crippen LogP contribution in [0.3, 0.4) is 0 Å². The molecule has 2 aromatic carbocycles. The Balaban J connectivity index is 2.24. The number of ketones is 1. The summed E-state index contributed by atoms with van der Waals surface area (Å²) in [6.45, 7) is 0. The molecule has 3 rings (SSSR count). The lowest BCUT2D eigenvalue weighted by Gasteiger charge is -2.07. The molecule has 0 radical (unpaired) electrons. The standard InChI is InChI=1S/C16H9ClFNO/c17-12-6-3-7-13(18)14(12)16(20)15-11-5-2-1-4-10(11)8-9-19-15/h1-9H. The van der Waals surface area contributed by atoms with Crippen LogP contribution in [0.25, 0.3) is 10.8 Å². The van der Waals surface area contributed by atoms with Crippen molar-refractivity contribution in [3.63, 3.8) is 0 Å². The van der Waals surface area contributed by atoms with Gasteiger partial charge in [0.2, 0.25) is 5.78 Å². The minimum atomic E-state index is -0.641. The van der Waals surface area contributed by atoms with Crippen LogP contribution in [-0.2, 0) is 0 Å². The Labute approximate surface area is 119 Å². The van der Waals surface area contributed by atoms with Crippen LogP contribution in [0.5, 0.6) is 0 Å². The van der Waals surface area contributed by atoms with Crippen molar-refractivity contribution in [3.8, 4) is 0 Å². The fraction of sp³-hybridized carbons (Fsp3) is 0. The molecule has 0 unspecified atom stereocenters. The summed E-state index contributed by atoms with van der Waals surface area (Å²) in [6.07, 6.45) is 1.53. The summed E-state index contributed by atoms with van der Waals surface area (Å²) in [7, 11) is 0. The Morgan fingerprint density at radius 2 is 1.85 bits per heavy atom. The average molecular weight is 286 g/mol. The molecule has 1 aromatic heterocycles. The van der Waals surface area contributed by atoms with Crippen LogP contribution in [0, 0.1) is 5.82 Å². The average Bonchev–Trinajstić information content (AvgIpc) is 2.46. The van der Waals surface area contributed by atoms with Crippen molar-refractivity contribution in [1.82, 2.24) is 4.98 Å². The number of carbonyl (C=O) groups excluding carboxylic acids is 1. The van der Waals surface area contributed by atoms with Crippen LogP contribution < -0.4 is 0 Å². The highest BCUT2D eigenvalue weighted by molar-refractivity contribution is 6.35. The molecule has 0 saturated carbocycles. The summed E-state index contributed by atoms with van der Waals surface area (Å²) in [4.78, 5) is 16.6. The molecule has 0 aliphatic carbocycles. The number of hydrogen-bond acceptors (Lipinski definition) is 2. The first-order valence-electron chi connectivity index (χ1n) is 6.01. The van der Waals surface area contributed by atoms with E-state index in [0.29, 0.717) is 5.39 Å². The molecular weight excluding hydrogens is 277 g/mol. The second kappa shape index (κ2) is 5.02. The molecule has 0 aliphatic heterocycles. The molecule has 0 fully saturated rings. The first kappa shape index (κ1) is 12.8. The predicted molar refractivity (Wildman–Crippen MR) is 76.6 cm³/mol. The number of pyridine rings is 1. The molecule has 0 N–H and O–H groups in total. The van der Waals surface area contributed by atoms with E-state index in [-0.39, 0.29) is 16.3 Å². The summed E-state index contributed by atoms with van der Waals surface area (Å²) in [5.74, 6) is -1.15. The van der Waals surface area contributed by atoms with E-state index in [4.69, 9.17) is 11.6 Å². The van der Waals surface area contributed by atoms with Crippen molar-refractivity contribution in [2.24, 2.45) is 0 Å². The van der Waals surface area contributed by atoms with Gasteiger partial charge in [0.25, 0.3) is 0 Å². The Hall–Kier alpha value is -2.26. The van der Waals surface area contributed by atoms with Gasteiger partial charge in [0.1, 0.15) is 11.5 Å². The van der Waals surface area contributed by atoms with E-state index in [2.05, 4.69) is 4.98 Å². The van der Waals surface area contributed by atoms with Crippen LogP contribution in [0.15, 0.2) is 54.7 Å². The molecule has 98 valence electrons. The first-order chi connectivity index (χ1) is 9.68. The highest BCUT2D eigenvalue weighted by Crippen LogP contribution is 2.25. The summed E-state index contributed by atoms with van der Waals surface area (Å²) in [5.41, 5.74) is 0.0631. The molecule has 20 heavy (non-hydrogen) atoms. The second-order valence-corrected chi connectivity index (χ2v) is 4.71. The third-order valence-corrected chi connectivity index (χ3v) is 3.39. The van der Waals surface area contributed by atoms with E-state index in [1.165, 1.54) is 24.4 Å². The SMILES string of the molecule is O=C(c1c(F)cccc1Cl)c1nccc2ccccc12. The minimum Gasteiger partial charge on any atom is -0.287 e. The van der Waals surface area contributed by atoms with Gasteiger partial charge >= 0.3 is 0 Å². The van der Waals surface area contributed by atoms with E-state index in [0.717, 1.165) is 5.39 Å². The highest BCUT2D eigenvalue weighted by atomic mass is 35.5. The van der Waals surface area contributed by atoms with Gasteiger partial charge < -0.3 is 0 Å². The maximum atomic E-state index is 13.9. The highest BCUT2D eigenvalue weighted by Gasteiger charge is 2.20. The smallest absolute Gasteiger partial charge is 0.216 e. The molecule has 0 spiro atoms. The summed E-state index contributed by atoms with van der Waals surface area (Å²) in [6, 6.07) is 13.3. The number of fused-ring (bicyclic) bond motifs is 1. The first-order valence-corrected chi connectivity index (χ1v) is 6.39. The van der Waals surface area contributed by atoms with Crippen molar-refractivity contribution in [2.45, 2.75) is 0 Å². The number of benzene rings is 2. The van der Waals surface area contributed by atoms with Crippen molar-refractivity contribution >= 4 is 28.2 Å². The van der Waals surface area contributed by atoms with Crippen molar-refractivity contribution in [1.29, 1.82) is 0 Å². The van der Waals surface area contributed by atoms with Gasteiger partial charge in [-0.05, 0) is 23.6 Å². The summed E-state index contributed by atoms with van der Waals surface area (Å²) >= 11 is 5.94. The monoisotopic (exact) mass is 285 g/mol. The fourth-order valence-electron chi connectivity index (χ4n) is 2.13. The topological polar surface area (TPSA) is 30.0 Å². The number of aromatic nitrogens is 1. The largest absolute Gasteiger partial charge is 0.287 e. The molecule has 1 heterocycles. The third kappa shape index (κ3) is 2.06. The quantitative estimate of drug-likeness (QED) is 0.659. The van der Waals surface area contributed by atoms with Crippen LogP contribution >= 0.6 is 11.6 Å². The minimum absolute atomic E-state index is 0.0877. The molecule has 0 atom stereocenters. The zero-order chi connectivity index (χ0) is 14.1. The lowest BCUT2D eigenvalue weighted by atomic mass is 10.0. The number of nitrogens with zero attached hydrogens (tertiary/aromatic N) is 1. The molecular formula is C16H9ClFNO. The number of carbonyl (C=O) groups is 1. The fourth-order valence-corrected chi connectivity index (χ4v) is 2.38. The molecule has 2 nitrogen and oxygen atoms in total. The van der Waals surface area contributed by atoms with E-state index in [1.54, 1.807) is 12.1 Å². The lowest BCUT2D eigenvalue weighted by Crippen LogP contribution is -2.08. The van der Waals surface area contributed by atoms with Gasteiger partial charge in [0.15, 0.2) is 0 Å². The maximum absolute atomic E-state index is 13.9. The maximum Gasteiger partial charge on any atom is 0.216 e. The zero-order valence-corrected chi connectivity index (χ0v) is 11.1. The van der Waals surface area contributed by atoms with Gasteiger partial charge in [-0.3, -0.25) is 9.78 Å². The van der Waals surface area contributed by atoms with Crippen LogP contribution in [-0.4, -0.2) is 10.8 Å². The Bertz CT molecular complexity index is 791. The van der Waals surface area contributed by atoms with Crippen molar-refractivity contribution in [2.75, 3.05) is 0 Å². The van der Waals surface area contributed by atoms with Gasteiger partial charge in [-0.2, -0.15) is 0 Å². The van der Waals surface area contributed by atoms with Crippen LogP contribution in [0.4, 0.5) is 4.39 Å².